The van der Waals surface area contributed by atoms with Crippen molar-refractivity contribution < 1.29 is 36.1 Å². The van der Waals surface area contributed by atoms with Gasteiger partial charge in [-0.15, -0.1) is 0 Å². The molecule has 86 valence electrons. The van der Waals surface area contributed by atoms with E-state index in [9.17, 15) is 5.11 Å². The molecule has 0 saturated heterocycles. The average Bonchev–Trinajstić information content (AvgIpc) is 1.99. The Kier molecular flexibility index (Phi) is 5.12. The molecule has 0 aromatic heterocycles. The Bertz CT molecular complexity index is 361. The van der Waals surface area contributed by atoms with Crippen molar-refractivity contribution >= 4 is 0 Å². The predicted molar refractivity (Wildman–Crippen MR) is 66.6 cm³/mol. The van der Waals surface area contributed by atoms with Gasteiger partial charge >= 0.3 is 29.6 Å². The van der Waals surface area contributed by atoms with E-state index in [1.54, 1.807) is 6.07 Å². The fourth-order valence-corrected chi connectivity index (χ4v) is 1.95. The predicted octanol–water partition coefficient (Wildman–Crippen LogP) is 1.10. The first-order valence-corrected chi connectivity index (χ1v) is 5.47. The summed E-state index contributed by atoms with van der Waals surface area (Å²) in [4.78, 5) is 0. The molecule has 1 aromatic rings. The van der Waals surface area contributed by atoms with Crippen LogP contribution >= 0.6 is 0 Å². The molecule has 0 aliphatic carbocycles. The summed E-state index contributed by atoms with van der Waals surface area (Å²) in [6.07, 6.45) is 0. The molecule has 0 aliphatic heterocycles. The SMILES string of the molecule is CC(C)(C)c1cccc(O)c1C(C)(C)C.[H-].[Na+]. The number of hydrogen-bond donors (Lipinski definition) is 1. The summed E-state index contributed by atoms with van der Waals surface area (Å²) < 4.78 is 0. The number of phenols is 1. The Labute approximate surface area is 123 Å². The van der Waals surface area contributed by atoms with Crippen LogP contribution in [-0.2, 0) is 10.8 Å². The van der Waals surface area contributed by atoms with E-state index in [1.165, 1.54) is 5.56 Å². The quantitative estimate of drug-likeness (QED) is 0.662. The van der Waals surface area contributed by atoms with E-state index in [2.05, 4.69) is 47.6 Å². The number of hydrogen-bond acceptors (Lipinski definition) is 1. The Morgan fingerprint density at radius 3 is 1.75 bits per heavy atom. The molecule has 0 fully saturated rings. The van der Waals surface area contributed by atoms with E-state index in [4.69, 9.17) is 0 Å². The van der Waals surface area contributed by atoms with Crippen LogP contribution in [0.3, 0.4) is 0 Å². The van der Waals surface area contributed by atoms with Gasteiger partial charge in [0.1, 0.15) is 5.75 Å². The van der Waals surface area contributed by atoms with Gasteiger partial charge in [0, 0.05) is 5.56 Å². The minimum Gasteiger partial charge on any atom is -1.00 e. The second-order valence-electron chi connectivity index (χ2n) is 6.20. The summed E-state index contributed by atoms with van der Waals surface area (Å²) in [5, 5.41) is 9.99. The molecule has 1 rings (SSSR count). The van der Waals surface area contributed by atoms with Crippen molar-refractivity contribution in [1.82, 2.24) is 0 Å². The first-order valence-electron chi connectivity index (χ1n) is 5.47. The molecule has 0 spiro atoms. The molecule has 1 nitrogen and oxygen atoms in total. The van der Waals surface area contributed by atoms with Gasteiger partial charge in [-0.1, -0.05) is 53.7 Å². The zero-order chi connectivity index (χ0) is 11.9. The van der Waals surface area contributed by atoms with Crippen molar-refractivity contribution in [1.29, 1.82) is 0 Å². The van der Waals surface area contributed by atoms with Gasteiger partial charge in [-0.3, -0.25) is 0 Å². The molecule has 0 atom stereocenters. The van der Waals surface area contributed by atoms with Crippen LogP contribution in [0.15, 0.2) is 18.2 Å². The van der Waals surface area contributed by atoms with Crippen LogP contribution < -0.4 is 29.6 Å². The third-order valence-electron chi connectivity index (χ3n) is 2.60. The van der Waals surface area contributed by atoms with Gasteiger partial charge in [0.25, 0.3) is 0 Å². The molecule has 2 heteroatoms. The molecule has 1 N–H and O–H groups in total. The average molecular weight is 230 g/mol. The van der Waals surface area contributed by atoms with Crippen LogP contribution in [0.1, 0.15) is 54.1 Å². The van der Waals surface area contributed by atoms with E-state index >= 15 is 0 Å². The largest absolute Gasteiger partial charge is 1.00 e. The monoisotopic (exact) mass is 230 g/mol. The van der Waals surface area contributed by atoms with Crippen LogP contribution in [-0.4, -0.2) is 5.11 Å². The van der Waals surface area contributed by atoms with Crippen molar-refractivity contribution in [3.8, 4) is 5.75 Å². The normalized spacial score (nSPS) is 12.1. The van der Waals surface area contributed by atoms with Gasteiger partial charge in [-0.25, -0.2) is 0 Å². The second kappa shape index (κ2) is 5.12. The van der Waals surface area contributed by atoms with Crippen LogP contribution in [0.5, 0.6) is 5.75 Å². The van der Waals surface area contributed by atoms with Crippen molar-refractivity contribution in [2.45, 2.75) is 52.4 Å². The van der Waals surface area contributed by atoms with E-state index < -0.39 is 0 Å². The molecule has 16 heavy (non-hydrogen) atoms. The Balaban J connectivity index is 0. The molecule has 0 bridgehead atoms. The van der Waals surface area contributed by atoms with Crippen molar-refractivity contribution in [3.63, 3.8) is 0 Å². The zero-order valence-corrected chi connectivity index (χ0v) is 13.7. The van der Waals surface area contributed by atoms with E-state index in [0.29, 0.717) is 5.75 Å². The number of rotatable bonds is 0. The van der Waals surface area contributed by atoms with Gasteiger partial charge in [-0.05, 0) is 22.5 Å². The maximum absolute atomic E-state index is 9.99. The van der Waals surface area contributed by atoms with Gasteiger partial charge < -0.3 is 6.53 Å². The van der Waals surface area contributed by atoms with Gasteiger partial charge in [-0.2, -0.15) is 0 Å². The maximum atomic E-state index is 9.99. The first-order chi connectivity index (χ1) is 6.64. The molecule has 1 aromatic carbocycles. The van der Waals surface area contributed by atoms with Crippen LogP contribution in [0, 0.1) is 0 Å². The van der Waals surface area contributed by atoms with Crippen molar-refractivity contribution in [2.75, 3.05) is 0 Å². The number of benzene rings is 1. The van der Waals surface area contributed by atoms with E-state index in [1.807, 2.05) is 6.07 Å². The van der Waals surface area contributed by atoms with Gasteiger partial charge in [0.15, 0.2) is 0 Å². The van der Waals surface area contributed by atoms with Crippen LogP contribution in [0.25, 0.3) is 0 Å². The van der Waals surface area contributed by atoms with Crippen molar-refractivity contribution in [3.05, 3.63) is 29.3 Å². The number of phenolic OH excluding ortho intramolecular Hbond substituents is 1. The Morgan fingerprint density at radius 1 is 0.938 bits per heavy atom. The Hall–Kier alpha value is 0.0200. The Morgan fingerprint density at radius 2 is 1.44 bits per heavy atom. The smallest absolute Gasteiger partial charge is 1.00 e. The van der Waals surface area contributed by atoms with Gasteiger partial charge in [0.05, 0.1) is 0 Å². The summed E-state index contributed by atoms with van der Waals surface area (Å²) >= 11 is 0. The standard InChI is InChI=1S/C14H22O.Na.H/c1-13(2,3)10-8-7-9-11(15)12(10)14(4,5)6;;/h7-9,15H,1-6H3;;/q;+1;-1. The van der Waals surface area contributed by atoms with E-state index in [-0.39, 0.29) is 41.8 Å². The molecular formula is C14H23NaO. The molecule has 0 radical (unpaired) electrons. The summed E-state index contributed by atoms with van der Waals surface area (Å²) in [5.41, 5.74) is 2.35. The van der Waals surface area contributed by atoms with Crippen LogP contribution in [0.2, 0.25) is 0 Å². The fourth-order valence-electron chi connectivity index (χ4n) is 1.95. The molecule has 0 heterocycles. The van der Waals surface area contributed by atoms with Crippen LogP contribution in [0.4, 0.5) is 0 Å². The summed E-state index contributed by atoms with van der Waals surface area (Å²) in [6.45, 7) is 12.9. The molecule has 0 saturated carbocycles. The molecule has 0 unspecified atom stereocenters. The van der Waals surface area contributed by atoms with E-state index in [0.717, 1.165) is 5.56 Å². The number of aromatic hydroxyl groups is 1. The third kappa shape index (κ3) is 3.51. The third-order valence-corrected chi connectivity index (χ3v) is 2.60. The molecule has 0 amide bonds. The van der Waals surface area contributed by atoms with Gasteiger partial charge in [0.2, 0.25) is 0 Å². The topological polar surface area (TPSA) is 20.2 Å². The molecule has 0 aliphatic rings. The summed E-state index contributed by atoms with van der Waals surface area (Å²) in [5.74, 6) is 0.412. The zero-order valence-electron chi connectivity index (χ0n) is 12.7. The first kappa shape index (κ1) is 16.0. The maximum Gasteiger partial charge on any atom is 1.00 e. The summed E-state index contributed by atoms with van der Waals surface area (Å²) in [7, 11) is 0. The molecular weight excluding hydrogens is 207 g/mol. The second-order valence-corrected chi connectivity index (χ2v) is 6.20. The fraction of sp³-hybridized carbons (Fsp3) is 0.571. The van der Waals surface area contributed by atoms with Crippen molar-refractivity contribution in [2.24, 2.45) is 0 Å². The minimum absolute atomic E-state index is 0. The summed E-state index contributed by atoms with van der Waals surface area (Å²) in [6, 6.07) is 5.81. The minimum atomic E-state index is -0.0199.